The summed E-state index contributed by atoms with van der Waals surface area (Å²) < 4.78 is 11.6. The fourth-order valence-corrected chi connectivity index (χ4v) is 6.42. The van der Waals surface area contributed by atoms with E-state index in [0.29, 0.717) is 12.8 Å². The lowest BCUT2D eigenvalue weighted by Gasteiger charge is -2.30. The molecule has 4 nitrogen and oxygen atoms in total. The summed E-state index contributed by atoms with van der Waals surface area (Å²) in [5, 5.41) is 0. The predicted molar refractivity (Wildman–Crippen MR) is 188 cm³/mol. The van der Waals surface area contributed by atoms with E-state index in [0.717, 1.165) is 51.4 Å². The first-order valence-electron chi connectivity index (χ1n) is 19.7. The SMILES string of the molecule is CCCCCCCC/C=C\CCCCCCCC(=O)O[C@H]1CCCC[C@H]1OC(=O)CCCCCCCCCCCCCCC. The molecule has 1 rings (SSSR count). The Morgan fingerprint density at radius 2 is 0.750 bits per heavy atom. The highest BCUT2D eigenvalue weighted by Crippen LogP contribution is 2.25. The van der Waals surface area contributed by atoms with Crippen LogP contribution in [0.4, 0.5) is 0 Å². The van der Waals surface area contributed by atoms with Gasteiger partial charge in [-0.25, -0.2) is 0 Å². The maximum Gasteiger partial charge on any atom is 0.306 e. The zero-order valence-corrected chi connectivity index (χ0v) is 29.6. The Bertz CT molecular complexity index is 672. The predicted octanol–water partition coefficient (Wildman–Crippen LogP) is 12.9. The Morgan fingerprint density at radius 1 is 0.455 bits per heavy atom. The van der Waals surface area contributed by atoms with Gasteiger partial charge in [0.25, 0.3) is 0 Å². The minimum atomic E-state index is -0.255. The average molecular weight is 619 g/mol. The lowest BCUT2D eigenvalue weighted by atomic mass is 9.94. The smallest absolute Gasteiger partial charge is 0.306 e. The molecule has 1 saturated carbocycles. The lowest BCUT2D eigenvalue weighted by Crippen LogP contribution is -2.37. The molecular weight excluding hydrogens is 544 g/mol. The van der Waals surface area contributed by atoms with Crippen LogP contribution in [0.5, 0.6) is 0 Å². The van der Waals surface area contributed by atoms with Gasteiger partial charge in [0, 0.05) is 12.8 Å². The van der Waals surface area contributed by atoms with Crippen LogP contribution in [-0.4, -0.2) is 24.1 Å². The standard InChI is InChI=1S/C40H74O4/c1-3-5-7-9-11-13-15-17-18-20-22-24-26-28-30-36-40(42)44-38-34-32-31-33-37(38)43-39(41)35-29-27-25-23-21-19-16-14-12-10-8-6-4-2/h17-18,37-38H,3-16,19-36H2,1-2H3/b18-17-/t37-,38+/m1/s1. The molecule has 1 fully saturated rings. The van der Waals surface area contributed by atoms with E-state index in [4.69, 9.17) is 9.47 Å². The number of hydrogen-bond donors (Lipinski definition) is 0. The molecule has 0 N–H and O–H groups in total. The van der Waals surface area contributed by atoms with E-state index >= 15 is 0 Å². The quantitative estimate of drug-likeness (QED) is 0.0440. The summed E-state index contributed by atoms with van der Waals surface area (Å²) in [6.45, 7) is 4.54. The van der Waals surface area contributed by atoms with Crippen LogP contribution < -0.4 is 0 Å². The highest BCUT2D eigenvalue weighted by Gasteiger charge is 2.31. The average Bonchev–Trinajstić information content (AvgIpc) is 3.02. The minimum Gasteiger partial charge on any atom is -0.458 e. The van der Waals surface area contributed by atoms with Crippen LogP contribution in [0.1, 0.15) is 219 Å². The maximum atomic E-state index is 12.5. The first-order chi connectivity index (χ1) is 21.7. The van der Waals surface area contributed by atoms with Crippen molar-refractivity contribution in [3.63, 3.8) is 0 Å². The van der Waals surface area contributed by atoms with Crippen molar-refractivity contribution in [2.45, 2.75) is 232 Å². The second kappa shape index (κ2) is 31.7. The molecule has 4 heteroatoms. The first-order valence-corrected chi connectivity index (χ1v) is 19.7. The summed E-state index contributed by atoms with van der Waals surface area (Å²) in [5.74, 6) is -0.231. The largest absolute Gasteiger partial charge is 0.458 e. The minimum absolute atomic E-state index is 0.113. The summed E-state index contributed by atoms with van der Waals surface area (Å²) >= 11 is 0. The number of hydrogen-bond acceptors (Lipinski definition) is 4. The van der Waals surface area contributed by atoms with Crippen molar-refractivity contribution >= 4 is 11.9 Å². The third-order valence-corrected chi connectivity index (χ3v) is 9.33. The molecule has 2 atom stereocenters. The number of carbonyl (C=O) groups excluding carboxylic acids is 2. The third kappa shape index (κ3) is 26.0. The van der Waals surface area contributed by atoms with Gasteiger partial charge in [-0.05, 0) is 64.2 Å². The van der Waals surface area contributed by atoms with Crippen LogP contribution in [0.25, 0.3) is 0 Å². The molecule has 258 valence electrons. The molecule has 0 unspecified atom stereocenters. The van der Waals surface area contributed by atoms with Crippen molar-refractivity contribution in [1.29, 1.82) is 0 Å². The van der Waals surface area contributed by atoms with E-state index in [1.165, 1.54) is 141 Å². The van der Waals surface area contributed by atoms with E-state index in [-0.39, 0.29) is 24.1 Å². The van der Waals surface area contributed by atoms with Gasteiger partial charge in [0.05, 0.1) is 0 Å². The molecule has 0 saturated heterocycles. The Labute approximate surface area is 274 Å². The molecule has 0 bridgehead atoms. The van der Waals surface area contributed by atoms with Crippen LogP contribution in [-0.2, 0) is 19.1 Å². The van der Waals surface area contributed by atoms with Crippen molar-refractivity contribution < 1.29 is 19.1 Å². The molecule has 1 aliphatic carbocycles. The fraction of sp³-hybridized carbons (Fsp3) is 0.900. The van der Waals surface area contributed by atoms with Crippen LogP contribution in [0.15, 0.2) is 12.2 Å². The van der Waals surface area contributed by atoms with Crippen molar-refractivity contribution in [2.75, 3.05) is 0 Å². The highest BCUT2D eigenvalue weighted by atomic mass is 16.6. The zero-order chi connectivity index (χ0) is 31.8. The molecule has 0 amide bonds. The molecule has 0 spiro atoms. The van der Waals surface area contributed by atoms with Gasteiger partial charge < -0.3 is 9.47 Å². The Hall–Kier alpha value is -1.32. The molecule has 1 aliphatic rings. The van der Waals surface area contributed by atoms with Crippen molar-refractivity contribution in [2.24, 2.45) is 0 Å². The van der Waals surface area contributed by atoms with Crippen LogP contribution in [0, 0.1) is 0 Å². The van der Waals surface area contributed by atoms with Crippen LogP contribution in [0.2, 0.25) is 0 Å². The molecule has 0 aromatic rings. The molecule has 0 aromatic carbocycles. The lowest BCUT2D eigenvalue weighted by molar-refractivity contribution is -0.171. The van der Waals surface area contributed by atoms with Crippen molar-refractivity contribution in [3.8, 4) is 0 Å². The van der Waals surface area contributed by atoms with Crippen LogP contribution in [0.3, 0.4) is 0 Å². The van der Waals surface area contributed by atoms with Gasteiger partial charge in [0.15, 0.2) is 0 Å². The van der Waals surface area contributed by atoms with Gasteiger partial charge in [-0.1, -0.05) is 154 Å². The highest BCUT2D eigenvalue weighted by molar-refractivity contribution is 5.70. The van der Waals surface area contributed by atoms with Crippen LogP contribution >= 0.6 is 0 Å². The molecular formula is C40H74O4. The number of unbranched alkanes of at least 4 members (excludes halogenated alkanes) is 23. The third-order valence-electron chi connectivity index (χ3n) is 9.33. The summed E-state index contributed by atoms with van der Waals surface area (Å²) in [6.07, 6.45) is 42.0. The normalized spacial score (nSPS) is 16.9. The summed E-state index contributed by atoms with van der Waals surface area (Å²) in [7, 11) is 0. The van der Waals surface area contributed by atoms with Gasteiger partial charge in [0.1, 0.15) is 12.2 Å². The topological polar surface area (TPSA) is 52.6 Å². The summed E-state index contributed by atoms with van der Waals surface area (Å²) in [5.41, 5.74) is 0. The van der Waals surface area contributed by atoms with Gasteiger partial charge in [-0.2, -0.15) is 0 Å². The Morgan fingerprint density at radius 3 is 1.09 bits per heavy atom. The van der Waals surface area contributed by atoms with Crippen molar-refractivity contribution in [3.05, 3.63) is 12.2 Å². The Balaban J connectivity index is 2.00. The van der Waals surface area contributed by atoms with E-state index < -0.39 is 0 Å². The number of allylic oxidation sites excluding steroid dienone is 2. The molecule has 0 radical (unpaired) electrons. The first kappa shape index (κ1) is 40.7. The second-order valence-electron chi connectivity index (χ2n) is 13.7. The molecule has 44 heavy (non-hydrogen) atoms. The molecule has 0 aromatic heterocycles. The van der Waals surface area contributed by atoms with Gasteiger partial charge >= 0.3 is 11.9 Å². The summed E-state index contributed by atoms with van der Waals surface area (Å²) in [4.78, 5) is 25.0. The van der Waals surface area contributed by atoms with Gasteiger partial charge in [-0.3, -0.25) is 9.59 Å². The summed E-state index contributed by atoms with van der Waals surface area (Å²) in [6, 6.07) is 0. The van der Waals surface area contributed by atoms with E-state index in [2.05, 4.69) is 26.0 Å². The molecule has 0 aliphatic heterocycles. The fourth-order valence-electron chi connectivity index (χ4n) is 6.42. The number of rotatable bonds is 31. The van der Waals surface area contributed by atoms with Gasteiger partial charge in [0.2, 0.25) is 0 Å². The number of esters is 2. The zero-order valence-electron chi connectivity index (χ0n) is 29.6. The number of ether oxygens (including phenoxy) is 2. The van der Waals surface area contributed by atoms with Crippen molar-refractivity contribution in [1.82, 2.24) is 0 Å². The second-order valence-corrected chi connectivity index (χ2v) is 13.7. The molecule has 0 heterocycles. The van der Waals surface area contributed by atoms with E-state index in [9.17, 15) is 9.59 Å². The van der Waals surface area contributed by atoms with E-state index in [1.54, 1.807) is 0 Å². The monoisotopic (exact) mass is 619 g/mol. The number of carbonyl (C=O) groups is 2. The maximum absolute atomic E-state index is 12.5. The van der Waals surface area contributed by atoms with Gasteiger partial charge in [-0.15, -0.1) is 0 Å². The Kier molecular flexibility index (Phi) is 29.3. The van der Waals surface area contributed by atoms with E-state index in [1.807, 2.05) is 0 Å².